The van der Waals surface area contributed by atoms with E-state index in [0.717, 1.165) is 47.5 Å². The standard InChI is InChI=1S/C16H16N2O6.C16H16O3S.2C15H14O2S.C14H12O3S.2C14H12O2S.C13H11NO2S/c1-8-3-6-12(24-2)9(7-8)10(19)4-5-11(20)13-14(21)17-16(23)18-15(13)22;1-11-10-12(5-8-15(11)19-2)13(17)6-7-14(18)16-4-3-9-20-16;2*1-11-4-2-5-12(10-11)13(16)7-8-14(17)15-6-3-9-18-15;15-11-5-2-1-4-10(11)12(16)7-8-13(17)14-6-3-9-18-14;2*15-12(11-5-2-1-3-6-11)8-9-13(16)14-7-4-10-17-14;15-11(10-4-1-2-8-14-10)6-7-12(16)13-5-3-9-17-13/h3,6-7H,4-5H2,1-2H3,(H3,17,18,21,22,23);3-5,8-10H,6-7H2,1-2H3;2*2-6,9-10H,7-8H2,1H3;1-6,9,15H,7-8H2;2*1-7,10H,8-9H2;1-5,8-9H,6-7H2. The third-order valence-electron chi connectivity index (χ3n) is 21.8. The first-order valence-electron chi connectivity index (χ1n) is 46.8. The number of pyridine rings is 1. The van der Waals surface area contributed by atoms with E-state index in [1.54, 1.807) is 165 Å². The Balaban J connectivity index is 0.000000189. The van der Waals surface area contributed by atoms with E-state index in [4.69, 9.17) is 9.47 Å². The topological polar surface area (TPSA) is 411 Å². The molecule has 32 heteroatoms. The average molecular weight is 2130 g/mol. The summed E-state index contributed by atoms with van der Waals surface area (Å²) in [6.45, 7) is 7.62. The highest BCUT2D eigenvalue weighted by molar-refractivity contribution is 7.14. The Kier molecular flexibility index (Phi) is 48.8. The number of aromatic hydroxyl groups is 2. The second kappa shape index (κ2) is 62.2. The number of methoxy groups -OCH3 is 2. The minimum Gasteiger partial charge on any atom is -0.507 e. The number of carbonyl (C=O) groups excluding carboxylic acids is 16. The molecule has 0 radical (unpaired) electrons. The number of thiophene rings is 7. The van der Waals surface area contributed by atoms with Gasteiger partial charge in [-0.05, 0) is 180 Å². The number of ketones is 16. The molecule has 0 spiro atoms. The number of nitrogens with zero attached hydrogens (tertiary/aromatic N) is 1. The van der Waals surface area contributed by atoms with Crippen molar-refractivity contribution in [2.75, 3.05) is 14.2 Å². The van der Waals surface area contributed by atoms with Gasteiger partial charge in [0.2, 0.25) is 5.88 Å². The molecule has 0 atom stereocenters. The molecule has 149 heavy (non-hydrogen) atoms. The minimum absolute atomic E-state index is 0.0133. The average Bonchev–Trinajstić information content (AvgIpc) is 1.50. The molecule has 764 valence electrons. The lowest BCUT2D eigenvalue weighted by atomic mass is 10.0. The van der Waals surface area contributed by atoms with Crippen LogP contribution in [0.25, 0.3) is 0 Å². The summed E-state index contributed by atoms with van der Waals surface area (Å²) in [5, 5.41) is 32.1. The van der Waals surface area contributed by atoms with E-state index in [0.29, 0.717) is 59.5 Å². The van der Waals surface area contributed by atoms with Crippen LogP contribution in [-0.2, 0) is 0 Å². The van der Waals surface area contributed by atoms with E-state index in [9.17, 15) is 96.5 Å². The number of rotatable bonds is 42. The highest BCUT2D eigenvalue weighted by Crippen LogP contribution is 2.28. The number of phenols is 1. The van der Waals surface area contributed by atoms with Gasteiger partial charge < -0.3 is 19.7 Å². The molecule has 4 N–H and O–H groups in total. The molecule has 16 rings (SSSR count). The Morgan fingerprint density at radius 3 is 0.893 bits per heavy atom. The molecular formula is C117H107N3O22S7. The number of para-hydroxylation sites is 1. The van der Waals surface area contributed by atoms with Crippen LogP contribution in [0, 0.1) is 27.7 Å². The molecule has 16 aromatic rings. The molecule has 7 aromatic carbocycles. The molecule has 0 aliphatic rings. The number of carbonyl (C=O) groups is 16. The molecule has 0 saturated heterocycles. The molecule has 0 unspecified atom stereocenters. The molecule has 9 heterocycles. The number of Topliss-reactive ketones (excluding diaryl/α,β-unsaturated/α-hetero) is 16. The van der Waals surface area contributed by atoms with Crippen molar-refractivity contribution in [3.63, 3.8) is 0 Å². The highest BCUT2D eigenvalue weighted by Gasteiger charge is 2.24. The van der Waals surface area contributed by atoms with Gasteiger partial charge in [0.25, 0.3) is 5.56 Å². The van der Waals surface area contributed by atoms with Gasteiger partial charge in [0.15, 0.2) is 92.5 Å². The zero-order chi connectivity index (χ0) is 108. The smallest absolute Gasteiger partial charge is 0.328 e. The molecule has 0 aliphatic heterocycles. The van der Waals surface area contributed by atoms with Crippen molar-refractivity contribution in [2.45, 2.75) is 130 Å². The van der Waals surface area contributed by atoms with Crippen LogP contribution >= 0.6 is 79.4 Å². The largest absolute Gasteiger partial charge is 0.507 e. The predicted molar refractivity (Wildman–Crippen MR) is 586 cm³/mol. The van der Waals surface area contributed by atoms with Crippen molar-refractivity contribution >= 4 is 172 Å². The summed E-state index contributed by atoms with van der Waals surface area (Å²) in [6.07, 6.45) is 4.62. The van der Waals surface area contributed by atoms with Gasteiger partial charge >= 0.3 is 5.69 Å². The number of ether oxygens (including phenoxy) is 2. The number of aryl methyl sites for hydroxylation is 4. The van der Waals surface area contributed by atoms with E-state index >= 15 is 0 Å². The molecular weight excluding hydrogens is 2020 g/mol. The lowest BCUT2D eigenvalue weighted by molar-refractivity contribution is 0.0912. The van der Waals surface area contributed by atoms with Crippen LogP contribution in [0.2, 0.25) is 0 Å². The van der Waals surface area contributed by atoms with Gasteiger partial charge in [-0.3, -0.25) is 96.5 Å². The van der Waals surface area contributed by atoms with Gasteiger partial charge in [0, 0.05) is 137 Å². The number of benzene rings is 7. The van der Waals surface area contributed by atoms with Gasteiger partial charge in [0.05, 0.1) is 59.5 Å². The molecule has 0 amide bonds. The number of aromatic nitrogens is 3. The fourth-order valence-corrected chi connectivity index (χ4v) is 18.8. The van der Waals surface area contributed by atoms with E-state index in [2.05, 4.69) is 4.98 Å². The minimum atomic E-state index is -0.998. The summed E-state index contributed by atoms with van der Waals surface area (Å²) >= 11 is 9.86. The summed E-state index contributed by atoms with van der Waals surface area (Å²) in [5.74, 6) is -0.775. The summed E-state index contributed by atoms with van der Waals surface area (Å²) in [4.78, 5) is 225. The molecule has 0 saturated carbocycles. The SMILES string of the molecule is COc1ccc(C(=O)CCC(=O)c2cccs2)cc1C.COc1ccc(C)cc1C(=O)CCC(=O)c1c(O)[nH]c(=O)[nH]c1=O.Cc1cccc(C(=O)CCC(=O)c2cccs2)c1.Cc1cccc(C(=O)CCC(=O)c2cccs2)c1.O=C(CCC(=O)c1ccccc1O)c1cccs1.O=C(CCC(=O)c1cccs1)c1ccccc1.O=C(CCC(=O)c1cccs1)c1ccccc1.O=C(CCC(=O)c1cccs1)c1ccccn1. The second-order valence-corrected chi connectivity index (χ2v) is 39.5. The quantitative estimate of drug-likeness (QED) is 0.0258. The lowest BCUT2D eigenvalue weighted by Gasteiger charge is -2.08. The third kappa shape index (κ3) is 39.5. The van der Waals surface area contributed by atoms with Crippen LogP contribution in [0.5, 0.6) is 23.1 Å². The van der Waals surface area contributed by atoms with E-state index < -0.39 is 28.5 Å². The monoisotopic (exact) mass is 2130 g/mol. The van der Waals surface area contributed by atoms with Crippen LogP contribution in [0.1, 0.15) is 286 Å². The van der Waals surface area contributed by atoms with Crippen molar-refractivity contribution in [2.24, 2.45) is 0 Å². The Bertz CT molecular complexity index is 6960. The first kappa shape index (κ1) is 117. The third-order valence-corrected chi connectivity index (χ3v) is 28.2. The zero-order valence-corrected chi connectivity index (χ0v) is 88.0. The molecule has 9 aromatic heterocycles. The number of H-pyrrole nitrogens is 2. The van der Waals surface area contributed by atoms with E-state index in [1.807, 2.05) is 191 Å². The maximum absolute atomic E-state index is 12.3. The van der Waals surface area contributed by atoms with Crippen LogP contribution in [0.4, 0.5) is 0 Å². The second-order valence-electron chi connectivity index (χ2n) is 32.8. The Hall–Kier alpha value is -15.8. The van der Waals surface area contributed by atoms with Crippen LogP contribution in [-0.4, -0.2) is 132 Å². The van der Waals surface area contributed by atoms with Gasteiger partial charge in [-0.15, -0.1) is 79.4 Å². The van der Waals surface area contributed by atoms with Crippen molar-refractivity contribution < 1.29 is 96.4 Å². The van der Waals surface area contributed by atoms with Crippen molar-refractivity contribution in [3.05, 3.63) is 444 Å². The fraction of sp³-hybridized carbons (Fsp3) is 0.188. The summed E-state index contributed by atoms with van der Waals surface area (Å²) < 4.78 is 10.3. The van der Waals surface area contributed by atoms with Crippen LogP contribution < -0.4 is 20.7 Å². The van der Waals surface area contributed by atoms with Crippen LogP contribution in [0.15, 0.2) is 326 Å². The summed E-state index contributed by atoms with van der Waals surface area (Å²) in [5.41, 5.74) is 5.80. The summed E-state index contributed by atoms with van der Waals surface area (Å²) in [7, 11) is 3.04. The van der Waals surface area contributed by atoms with Gasteiger partial charge in [-0.25, -0.2) is 4.79 Å². The van der Waals surface area contributed by atoms with Crippen molar-refractivity contribution in [3.8, 4) is 23.1 Å². The van der Waals surface area contributed by atoms with E-state index in [1.165, 1.54) is 92.5 Å². The normalized spacial score (nSPS) is 10.2. The van der Waals surface area contributed by atoms with E-state index in [-0.39, 0.29) is 201 Å². The molecule has 0 fully saturated rings. The maximum atomic E-state index is 12.3. The van der Waals surface area contributed by atoms with Crippen molar-refractivity contribution in [1.29, 1.82) is 0 Å². The van der Waals surface area contributed by atoms with Gasteiger partial charge in [-0.2, -0.15) is 0 Å². The lowest BCUT2D eigenvalue weighted by Crippen LogP contribution is -2.27. The number of hydrogen-bond donors (Lipinski definition) is 4. The first-order chi connectivity index (χ1) is 71.8. The molecule has 25 nitrogen and oxygen atoms in total. The van der Waals surface area contributed by atoms with Gasteiger partial charge in [-0.1, -0.05) is 180 Å². The molecule has 0 bridgehead atoms. The van der Waals surface area contributed by atoms with Gasteiger partial charge in [0.1, 0.15) is 28.5 Å². The first-order valence-corrected chi connectivity index (χ1v) is 53.0. The maximum Gasteiger partial charge on any atom is 0.328 e. The van der Waals surface area contributed by atoms with Crippen LogP contribution in [0.3, 0.4) is 0 Å². The number of phenolic OH excluding ortho intramolecular Hbond substituents is 1. The number of aromatic amines is 2. The number of nitrogens with one attached hydrogen (secondary N) is 2. The Morgan fingerprint density at radius 1 is 0.262 bits per heavy atom. The predicted octanol–water partition coefficient (Wildman–Crippen LogP) is 26.1. The zero-order valence-electron chi connectivity index (χ0n) is 82.3. The molecule has 0 aliphatic carbocycles. The number of hydrogen-bond acceptors (Lipinski definition) is 30. The van der Waals surface area contributed by atoms with Crippen molar-refractivity contribution in [1.82, 2.24) is 15.0 Å². The Labute approximate surface area is 888 Å². The summed E-state index contributed by atoms with van der Waals surface area (Å²) in [6, 6.07) is 80.4. The fourth-order valence-electron chi connectivity index (χ4n) is 13.9. The highest BCUT2D eigenvalue weighted by atomic mass is 32.1. The Morgan fingerprint density at radius 2 is 0.564 bits per heavy atom.